The van der Waals surface area contributed by atoms with E-state index in [1.165, 1.54) is 0 Å². The summed E-state index contributed by atoms with van der Waals surface area (Å²) in [5, 5.41) is 5.40. The van der Waals surface area contributed by atoms with Gasteiger partial charge in [0.1, 0.15) is 5.75 Å². The van der Waals surface area contributed by atoms with Crippen LogP contribution in [-0.4, -0.2) is 31.5 Å². The predicted molar refractivity (Wildman–Crippen MR) is 105 cm³/mol. The third-order valence-corrected chi connectivity index (χ3v) is 3.56. The van der Waals surface area contributed by atoms with Crippen LogP contribution in [0.4, 0.5) is 5.69 Å². The van der Waals surface area contributed by atoms with E-state index in [9.17, 15) is 9.59 Å². The molecule has 0 spiro atoms. The predicted octanol–water partition coefficient (Wildman–Crippen LogP) is 2.43. The Morgan fingerprint density at radius 2 is 1.85 bits per heavy atom. The average molecular weight is 378 g/mol. The van der Waals surface area contributed by atoms with Crippen LogP contribution in [0.1, 0.15) is 21.5 Å². The highest BCUT2D eigenvalue weighted by atomic mass is 35.5. The fourth-order valence-electron chi connectivity index (χ4n) is 2.36. The first-order valence-electron chi connectivity index (χ1n) is 8.08. The number of aryl methyl sites for hydroxylation is 2. The standard InChI is InChI=1S/C19H23N3O3.ClH/c1-13-7-8-17(14(2)11-13)25-12-18(23)22-16-6-4-3-5-15(16)19(24)21-10-9-20;/h3-8,11H,9-10,12,20H2,1-2H3,(H,21,24)(H,22,23);1H. The maximum absolute atomic E-state index is 12.2. The molecule has 6 nitrogen and oxygen atoms in total. The number of amides is 2. The molecule has 0 aliphatic carbocycles. The minimum Gasteiger partial charge on any atom is -0.483 e. The second-order valence-electron chi connectivity index (χ2n) is 5.70. The number of ether oxygens (including phenoxy) is 1. The monoisotopic (exact) mass is 377 g/mol. The van der Waals surface area contributed by atoms with Gasteiger partial charge < -0.3 is 21.1 Å². The summed E-state index contributed by atoms with van der Waals surface area (Å²) < 4.78 is 5.56. The van der Waals surface area contributed by atoms with E-state index in [-0.39, 0.29) is 30.8 Å². The fourth-order valence-corrected chi connectivity index (χ4v) is 2.36. The molecule has 0 aliphatic rings. The molecular weight excluding hydrogens is 354 g/mol. The number of benzene rings is 2. The van der Waals surface area contributed by atoms with E-state index >= 15 is 0 Å². The quantitative estimate of drug-likeness (QED) is 0.690. The van der Waals surface area contributed by atoms with Gasteiger partial charge in [-0.2, -0.15) is 0 Å². The highest BCUT2D eigenvalue weighted by Crippen LogP contribution is 2.19. The third kappa shape index (κ3) is 6.06. The van der Waals surface area contributed by atoms with E-state index in [4.69, 9.17) is 10.5 Å². The lowest BCUT2D eigenvalue weighted by Gasteiger charge is -2.12. The average Bonchev–Trinajstić information content (AvgIpc) is 2.59. The first kappa shape index (κ1) is 21.5. The van der Waals surface area contributed by atoms with Crippen LogP contribution in [0.15, 0.2) is 42.5 Å². The zero-order valence-electron chi connectivity index (χ0n) is 14.9. The molecule has 0 aromatic heterocycles. The van der Waals surface area contributed by atoms with Gasteiger partial charge in [-0.3, -0.25) is 9.59 Å². The highest BCUT2D eigenvalue weighted by molar-refractivity contribution is 6.04. The number of hydrogen-bond donors (Lipinski definition) is 3. The third-order valence-electron chi connectivity index (χ3n) is 3.56. The van der Waals surface area contributed by atoms with Gasteiger partial charge in [0, 0.05) is 13.1 Å². The fraction of sp³-hybridized carbons (Fsp3) is 0.263. The molecule has 4 N–H and O–H groups in total. The number of anilines is 1. The normalized spacial score (nSPS) is 9.81. The van der Waals surface area contributed by atoms with E-state index in [2.05, 4.69) is 10.6 Å². The smallest absolute Gasteiger partial charge is 0.262 e. The molecule has 140 valence electrons. The van der Waals surface area contributed by atoms with Crippen molar-refractivity contribution in [3.8, 4) is 5.75 Å². The van der Waals surface area contributed by atoms with Gasteiger partial charge in [-0.05, 0) is 37.6 Å². The largest absolute Gasteiger partial charge is 0.483 e. The van der Waals surface area contributed by atoms with Crippen LogP contribution in [0.2, 0.25) is 0 Å². The Kier molecular flexibility index (Phi) is 8.61. The van der Waals surface area contributed by atoms with Crippen molar-refractivity contribution in [2.24, 2.45) is 5.73 Å². The Morgan fingerprint density at radius 3 is 2.54 bits per heavy atom. The molecule has 2 aromatic carbocycles. The van der Waals surface area contributed by atoms with Gasteiger partial charge in [-0.1, -0.05) is 29.8 Å². The van der Waals surface area contributed by atoms with Gasteiger partial charge >= 0.3 is 0 Å². The van der Waals surface area contributed by atoms with Crippen LogP contribution in [-0.2, 0) is 4.79 Å². The summed E-state index contributed by atoms with van der Waals surface area (Å²) in [6.07, 6.45) is 0. The Labute approximate surface area is 159 Å². The first-order valence-corrected chi connectivity index (χ1v) is 8.08. The van der Waals surface area contributed by atoms with Gasteiger partial charge in [-0.25, -0.2) is 0 Å². The number of carbonyl (C=O) groups excluding carboxylic acids is 2. The van der Waals surface area contributed by atoms with Gasteiger partial charge in [0.05, 0.1) is 11.3 Å². The number of para-hydroxylation sites is 1. The van der Waals surface area contributed by atoms with Gasteiger partial charge in [0.2, 0.25) is 0 Å². The molecule has 0 fully saturated rings. The highest BCUT2D eigenvalue weighted by Gasteiger charge is 2.13. The van der Waals surface area contributed by atoms with Crippen LogP contribution >= 0.6 is 12.4 Å². The van der Waals surface area contributed by atoms with Crippen LogP contribution in [0.25, 0.3) is 0 Å². The molecule has 0 atom stereocenters. The molecule has 0 heterocycles. The van der Waals surface area contributed by atoms with Gasteiger partial charge in [-0.15, -0.1) is 12.4 Å². The lowest BCUT2D eigenvalue weighted by Crippen LogP contribution is -2.30. The molecule has 0 bridgehead atoms. The van der Waals surface area contributed by atoms with Crippen molar-refractivity contribution in [2.75, 3.05) is 25.0 Å². The summed E-state index contributed by atoms with van der Waals surface area (Å²) in [5.74, 6) is 0.0467. The number of nitrogens with two attached hydrogens (primary N) is 1. The van der Waals surface area contributed by atoms with Crippen LogP contribution in [0.5, 0.6) is 5.75 Å². The van der Waals surface area contributed by atoms with Crippen molar-refractivity contribution >= 4 is 29.9 Å². The minimum atomic E-state index is -0.334. The van der Waals surface area contributed by atoms with Crippen molar-refractivity contribution in [3.63, 3.8) is 0 Å². The summed E-state index contributed by atoms with van der Waals surface area (Å²) in [6, 6.07) is 12.6. The van der Waals surface area contributed by atoms with E-state index in [0.717, 1.165) is 11.1 Å². The van der Waals surface area contributed by atoms with Crippen molar-refractivity contribution in [2.45, 2.75) is 13.8 Å². The SMILES string of the molecule is Cc1ccc(OCC(=O)Nc2ccccc2C(=O)NCCN)c(C)c1.Cl. The molecule has 0 saturated heterocycles. The zero-order valence-corrected chi connectivity index (χ0v) is 15.7. The van der Waals surface area contributed by atoms with E-state index in [0.29, 0.717) is 30.1 Å². The van der Waals surface area contributed by atoms with E-state index in [1.54, 1.807) is 24.3 Å². The molecule has 7 heteroatoms. The summed E-state index contributed by atoms with van der Waals surface area (Å²) in [7, 11) is 0. The maximum Gasteiger partial charge on any atom is 0.262 e. The zero-order chi connectivity index (χ0) is 18.2. The van der Waals surface area contributed by atoms with E-state index in [1.807, 2.05) is 32.0 Å². The Hall–Kier alpha value is -2.57. The van der Waals surface area contributed by atoms with Crippen LogP contribution < -0.4 is 21.1 Å². The molecule has 2 aromatic rings. The molecule has 0 aliphatic heterocycles. The summed E-state index contributed by atoms with van der Waals surface area (Å²) >= 11 is 0. The second-order valence-corrected chi connectivity index (χ2v) is 5.70. The second kappa shape index (κ2) is 10.4. The van der Waals surface area contributed by atoms with Gasteiger partial charge in [0.15, 0.2) is 6.61 Å². The summed E-state index contributed by atoms with van der Waals surface area (Å²) in [6.45, 7) is 4.51. The van der Waals surface area contributed by atoms with Crippen LogP contribution in [0.3, 0.4) is 0 Å². The Balaban J connectivity index is 0.00000338. The summed E-state index contributed by atoms with van der Waals surface area (Å²) in [4.78, 5) is 24.3. The molecule has 2 amide bonds. The number of rotatable bonds is 7. The minimum absolute atomic E-state index is 0. The topological polar surface area (TPSA) is 93.4 Å². The van der Waals surface area contributed by atoms with Gasteiger partial charge in [0.25, 0.3) is 11.8 Å². The first-order chi connectivity index (χ1) is 12.0. The van der Waals surface area contributed by atoms with Crippen molar-refractivity contribution in [1.29, 1.82) is 0 Å². The number of halogens is 1. The molecule has 0 radical (unpaired) electrons. The Bertz CT molecular complexity index is 765. The summed E-state index contributed by atoms with van der Waals surface area (Å²) in [5.41, 5.74) is 8.31. The molecule has 2 rings (SSSR count). The molecule has 26 heavy (non-hydrogen) atoms. The van der Waals surface area contributed by atoms with Crippen molar-refractivity contribution in [3.05, 3.63) is 59.2 Å². The van der Waals surface area contributed by atoms with Crippen LogP contribution in [0, 0.1) is 13.8 Å². The van der Waals surface area contributed by atoms with Crippen molar-refractivity contribution < 1.29 is 14.3 Å². The number of nitrogens with one attached hydrogen (secondary N) is 2. The number of carbonyl (C=O) groups is 2. The Morgan fingerprint density at radius 1 is 1.12 bits per heavy atom. The molecular formula is C19H24ClN3O3. The van der Waals surface area contributed by atoms with Crippen molar-refractivity contribution in [1.82, 2.24) is 5.32 Å². The lowest BCUT2D eigenvalue weighted by atomic mass is 10.1. The molecule has 0 unspecified atom stereocenters. The maximum atomic E-state index is 12.2. The number of hydrogen-bond acceptors (Lipinski definition) is 4. The van der Waals surface area contributed by atoms with E-state index < -0.39 is 0 Å². The molecule has 0 saturated carbocycles. The lowest BCUT2D eigenvalue weighted by molar-refractivity contribution is -0.118.